The maximum atomic E-state index is 10.2. The van der Waals surface area contributed by atoms with E-state index in [-0.39, 0.29) is 0 Å². The summed E-state index contributed by atoms with van der Waals surface area (Å²) in [7, 11) is 0. The Morgan fingerprint density at radius 3 is 2.89 bits per heavy atom. The van der Waals surface area contributed by atoms with Crippen molar-refractivity contribution in [1.29, 1.82) is 0 Å². The van der Waals surface area contributed by atoms with Gasteiger partial charge in [0.1, 0.15) is 0 Å². The van der Waals surface area contributed by atoms with Gasteiger partial charge in [0.25, 0.3) is 0 Å². The smallest absolute Gasteiger partial charge is 0.0875 e. The third-order valence-corrected chi connectivity index (χ3v) is 3.30. The van der Waals surface area contributed by atoms with Gasteiger partial charge in [-0.3, -0.25) is 5.10 Å². The van der Waals surface area contributed by atoms with E-state index in [9.17, 15) is 5.11 Å². The highest BCUT2D eigenvalue weighted by Crippen LogP contribution is 2.23. The number of H-pyrrole nitrogens is 1. The van der Waals surface area contributed by atoms with Crippen molar-refractivity contribution in [2.24, 2.45) is 0 Å². The number of rotatable bonds is 3. The van der Waals surface area contributed by atoms with E-state index in [4.69, 9.17) is 16.3 Å². The number of aliphatic hydroxyl groups is 1. The molecular weight excluding hydrogens is 252 g/mol. The molecule has 0 aliphatic carbocycles. The molecule has 18 heavy (non-hydrogen) atoms. The molecule has 0 unspecified atom stereocenters. The Morgan fingerprint density at radius 1 is 1.56 bits per heavy atom. The third-order valence-electron chi connectivity index (χ3n) is 3.06. The highest BCUT2D eigenvalue weighted by molar-refractivity contribution is 6.33. The number of aromatic nitrogens is 2. The molecular formula is C13H17ClN2O2. The lowest BCUT2D eigenvalue weighted by molar-refractivity contribution is -0.0321. The number of nitrogens with zero attached hydrogens (tertiary/aromatic N) is 1. The van der Waals surface area contributed by atoms with E-state index in [2.05, 4.69) is 10.2 Å². The van der Waals surface area contributed by atoms with E-state index in [1.54, 1.807) is 24.4 Å². The van der Waals surface area contributed by atoms with Crippen LogP contribution in [-0.2, 0) is 4.74 Å². The summed E-state index contributed by atoms with van der Waals surface area (Å²) >= 11 is 6.11. The minimum Gasteiger partial charge on any atom is -0.386 e. The summed E-state index contributed by atoms with van der Waals surface area (Å²) in [4.78, 5) is 0. The van der Waals surface area contributed by atoms with E-state index in [1.807, 2.05) is 6.92 Å². The fraction of sp³-hybridized carbons (Fsp3) is 0.462. The molecule has 1 aromatic rings. The summed E-state index contributed by atoms with van der Waals surface area (Å²) in [6.07, 6.45) is 8.23. The molecule has 0 aromatic carbocycles. The van der Waals surface area contributed by atoms with E-state index in [0.717, 1.165) is 11.3 Å². The summed E-state index contributed by atoms with van der Waals surface area (Å²) < 4.78 is 5.22. The number of nitrogens with one attached hydrogen (secondary N) is 1. The van der Waals surface area contributed by atoms with Gasteiger partial charge in [-0.15, -0.1) is 0 Å². The number of hydrogen-bond acceptors (Lipinski definition) is 3. The van der Waals surface area contributed by atoms with E-state index in [0.29, 0.717) is 31.1 Å². The van der Waals surface area contributed by atoms with Crippen LogP contribution >= 0.6 is 11.6 Å². The number of ether oxygens (including phenoxy) is 1. The highest BCUT2D eigenvalue weighted by atomic mass is 35.5. The summed E-state index contributed by atoms with van der Waals surface area (Å²) in [5.41, 5.74) is 1.12. The lowest BCUT2D eigenvalue weighted by Gasteiger charge is -2.28. The minimum absolute atomic E-state index is 0.558. The quantitative estimate of drug-likeness (QED) is 0.828. The molecule has 1 aliphatic rings. The first-order valence-electron chi connectivity index (χ1n) is 5.96. The predicted molar refractivity (Wildman–Crippen MR) is 71.3 cm³/mol. The van der Waals surface area contributed by atoms with Crippen LogP contribution in [0.15, 0.2) is 23.4 Å². The fourth-order valence-electron chi connectivity index (χ4n) is 1.81. The van der Waals surface area contributed by atoms with Gasteiger partial charge in [0, 0.05) is 31.1 Å². The van der Waals surface area contributed by atoms with Crippen molar-refractivity contribution >= 4 is 17.7 Å². The van der Waals surface area contributed by atoms with Crippen molar-refractivity contribution in [2.75, 3.05) is 13.2 Å². The molecule has 1 saturated heterocycles. The molecule has 5 heteroatoms. The third kappa shape index (κ3) is 3.45. The molecule has 2 rings (SSSR count). The lowest BCUT2D eigenvalue weighted by Crippen LogP contribution is -2.33. The second-order valence-corrected chi connectivity index (χ2v) is 4.98. The summed E-state index contributed by atoms with van der Waals surface area (Å²) in [6, 6.07) is 0. The normalized spacial score (nSPS) is 20.5. The van der Waals surface area contributed by atoms with Crippen molar-refractivity contribution in [1.82, 2.24) is 10.2 Å². The number of aromatic amines is 1. The van der Waals surface area contributed by atoms with Crippen LogP contribution in [0.5, 0.6) is 0 Å². The highest BCUT2D eigenvalue weighted by Gasteiger charge is 2.26. The van der Waals surface area contributed by atoms with Crippen LogP contribution in [0, 0.1) is 6.92 Å². The van der Waals surface area contributed by atoms with Crippen molar-refractivity contribution in [2.45, 2.75) is 25.4 Å². The van der Waals surface area contributed by atoms with Gasteiger partial charge in [-0.25, -0.2) is 0 Å². The van der Waals surface area contributed by atoms with E-state index < -0.39 is 5.60 Å². The van der Waals surface area contributed by atoms with E-state index >= 15 is 0 Å². The zero-order chi connectivity index (χ0) is 13.0. The zero-order valence-corrected chi connectivity index (χ0v) is 11.1. The van der Waals surface area contributed by atoms with Gasteiger partial charge in [-0.05, 0) is 24.6 Å². The Labute approximate surface area is 111 Å². The first kappa shape index (κ1) is 13.3. The Kier molecular flexibility index (Phi) is 4.22. The van der Waals surface area contributed by atoms with Crippen LogP contribution in [-0.4, -0.2) is 34.1 Å². The SMILES string of the molecule is Cc1cn[nH]c1/C=C(Cl)\C=C\C1(O)CCOCC1. The predicted octanol–water partition coefficient (Wildman–Crippen LogP) is 2.40. The Morgan fingerprint density at radius 2 is 2.28 bits per heavy atom. The maximum Gasteiger partial charge on any atom is 0.0875 e. The Hall–Kier alpha value is -1.10. The Balaban J connectivity index is 2.04. The topological polar surface area (TPSA) is 58.1 Å². The molecule has 0 spiro atoms. The molecule has 1 aliphatic heterocycles. The van der Waals surface area contributed by atoms with Crippen molar-refractivity contribution < 1.29 is 9.84 Å². The summed E-state index contributed by atoms with van der Waals surface area (Å²) in [5.74, 6) is 0. The first-order chi connectivity index (χ1) is 8.59. The number of halogens is 1. The number of aryl methyl sites for hydroxylation is 1. The molecule has 1 fully saturated rings. The first-order valence-corrected chi connectivity index (χ1v) is 6.33. The minimum atomic E-state index is -0.796. The van der Waals surface area contributed by atoms with Gasteiger partial charge in [-0.1, -0.05) is 17.7 Å². The number of hydrogen-bond donors (Lipinski definition) is 2. The summed E-state index contributed by atoms with van der Waals surface area (Å²) in [5, 5.41) is 17.6. The van der Waals surface area contributed by atoms with Crippen LogP contribution in [0.2, 0.25) is 0 Å². The van der Waals surface area contributed by atoms with Crippen LogP contribution < -0.4 is 0 Å². The molecule has 0 amide bonds. The molecule has 4 nitrogen and oxygen atoms in total. The van der Waals surface area contributed by atoms with Crippen molar-refractivity contribution in [3.8, 4) is 0 Å². The van der Waals surface area contributed by atoms with Gasteiger partial charge in [-0.2, -0.15) is 5.10 Å². The van der Waals surface area contributed by atoms with Crippen molar-refractivity contribution in [3.63, 3.8) is 0 Å². The zero-order valence-electron chi connectivity index (χ0n) is 10.3. The molecule has 2 N–H and O–H groups in total. The maximum absolute atomic E-state index is 10.2. The van der Waals surface area contributed by atoms with Gasteiger partial charge >= 0.3 is 0 Å². The van der Waals surface area contributed by atoms with Crippen LogP contribution in [0.3, 0.4) is 0 Å². The second-order valence-electron chi connectivity index (χ2n) is 4.55. The average molecular weight is 269 g/mol. The van der Waals surface area contributed by atoms with E-state index in [1.165, 1.54) is 0 Å². The van der Waals surface area contributed by atoms with Gasteiger partial charge in [0.2, 0.25) is 0 Å². The second kappa shape index (κ2) is 5.69. The average Bonchev–Trinajstić information content (AvgIpc) is 2.74. The fourth-order valence-corrected chi connectivity index (χ4v) is 1.99. The molecule has 2 heterocycles. The standard InChI is InChI=1S/C13H17ClN2O2/c1-10-9-15-16-12(10)8-11(14)2-3-13(17)4-6-18-7-5-13/h2-3,8-9,17H,4-7H2,1H3,(H,15,16)/b3-2+,11-8+. The molecule has 0 bridgehead atoms. The van der Waals surface area contributed by atoms with Crippen LogP contribution in [0.1, 0.15) is 24.1 Å². The molecule has 0 atom stereocenters. The van der Waals surface area contributed by atoms with Gasteiger partial charge in [0.15, 0.2) is 0 Å². The van der Waals surface area contributed by atoms with Gasteiger partial charge in [0.05, 0.1) is 17.5 Å². The largest absolute Gasteiger partial charge is 0.386 e. The molecule has 1 aromatic heterocycles. The lowest BCUT2D eigenvalue weighted by atomic mass is 9.94. The van der Waals surface area contributed by atoms with Crippen LogP contribution in [0.25, 0.3) is 6.08 Å². The monoisotopic (exact) mass is 268 g/mol. The molecule has 0 saturated carbocycles. The van der Waals surface area contributed by atoms with Crippen LogP contribution in [0.4, 0.5) is 0 Å². The Bertz CT molecular complexity index is 459. The van der Waals surface area contributed by atoms with Gasteiger partial charge < -0.3 is 9.84 Å². The van der Waals surface area contributed by atoms with Crippen molar-refractivity contribution in [3.05, 3.63) is 34.6 Å². The molecule has 98 valence electrons. The molecule has 0 radical (unpaired) electrons. The number of allylic oxidation sites excluding steroid dienone is 2. The summed E-state index contributed by atoms with van der Waals surface area (Å²) in [6.45, 7) is 3.12.